The van der Waals surface area contributed by atoms with E-state index in [9.17, 15) is 4.79 Å². The Bertz CT molecular complexity index is 679. The maximum atomic E-state index is 12.2. The van der Waals surface area contributed by atoms with Gasteiger partial charge in [0.05, 0.1) is 17.3 Å². The number of anilines is 2. The molecule has 0 unspecified atom stereocenters. The Morgan fingerprint density at radius 1 is 1.40 bits per heavy atom. The standard InChI is InChI=1S/C13H11ClN4OS/c1-20-12-15-6-8-7-18(13(19)17-11(8)16-12)10-5-3-2-4-9(10)14/h2-6H,7H2,1H3,(H,15,16,17,19). The lowest BCUT2D eigenvalue weighted by Gasteiger charge is -2.29. The molecule has 0 fully saturated rings. The van der Waals surface area contributed by atoms with E-state index in [-0.39, 0.29) is 6.03 Å². The molecule has 1 aliphatic rings. The van der Waals surface area contributed by atoms with Crippen molar-refractivity contribution in [1.29, 1.82) is 0 Å². The molecule has 3 rings (SSSR count). The van der Waals surface area contributed by atoms with Gasteiger partial charge in [-0.3, -0.25) is 10.2 Å². The summed E-state index contributed by atoms with van der Waals surface area (Å²) in [5.41, 5.74) is 1.54. The molecule has 7 heteroatoms. The summed E-state index contributed by atoms with van der Waals surface area (Å²) in [7, 11) is 0. The van der Waals surface area contributed by atoms with E-state index in [1.165, 1.54) is 11.8 Å². The lowest BCUT2D eigenvalue weighted by Crippen LogP contribution is -2.39. The third-order valence-corrected chi connectivity index (χ3v) is 3.85. The molecule has 0 aliphatic carbocycles. The van der Waals surface area contributed by atoms with Crippen molar-refractivity contribution < 1.29 is 4.79 Å². The van der Waals surface area contributed by atoms with Crippen LogP contribution in [0.1, 0.15) is 5.56 Å². The molecule has 1 aliphatic heterocycles. The Morgan fingerprint density at radius 2 is 2.20 bits per heavy atom. The van der Waals surface area contributed by atoms with Crippen LogP contribution in [0.5, 0.6) is 0 Å². The molecule has 2 heterocycles. The molecular weight excluding hydrogens is 296 g/mol. The maximum Gasteiger partial charge on any atom is 0.327 e. The first-order chi connectivity index (χ1) is 9.69. The van der Waals surface area contributed by atoms with E-state index in [2.05, 4.69) is 15.3 Å². The van der Waals surface area contributed by atoms with Crippen LogP contribution in [-0.2, 0) is 6.54 Å². The number of hydrogen-bond donors (Lipinski definition) is 1. The molecule has 1 N–H and O–H groups in total. The molecular formula is C13H11ClN4OS. The van der Waals surface area contributed by atoms with Crippen molar-refractivity contribution >= 4 is 40.9 Å². The second kappa shape index (κ2) is 5.30. The number of urea groups is 1. The van der Waals surface area contributed by atoms with Gasteiger partial charge in [-0.15, -0.1) is 0 Å². The lowest BCUT2D eigenvalue weighted by molar-refractivity contribution is 0.256. The summed E-state index contributed by atoms with van der Waals surface area (Å²) in [6.07, 6.45) is 3.62. The van der Waals surface area contributed by atoms with Crippen LogP contribution in [0.25, 0.3) is 0 Å². The normalized spacial score (nSPS) is 13.9. The molecule has 1 aromatic heterocycles. The zero-order valence-corrected chi connectivity index (χ0v) is 12.2. The zero-order valence-electron chi connectivity index (χ0n) is 10.6. The zero-order chi connectivity index (χ0) is 14.1. The molecule has 0 radical (unpaired) electrons. The SMILES string of the molecule is CSc1ncc2c(n1)NC(=O)N(c1ccccc1Cl)C2. The number of nitrogens with zero attached hydrogens (tertiary/aromatic N) is 3. The quantitative estimate of drug-likeness (QED) is 0.682. The molecule has 0 spiro atoms. The average Bonchev–Trinajstić information content (AvgIpc) is 2.47. The van der Waals surface area contributed by atoms with Gasteiger partial charge in [-0.2, -0.15) is 0 Å². The number of thioether (sulfide) groups is 1. The van der Waals surface area contributed by atoms with Crippen LogP contribution in [-0.4, -0.2) is 22.3 Å². The molecule has 0 saturated carbocycles. The van der Waals surface area contributed by atoms with Gasteiger partial charge in [-0.1, -0.05) is 35.5 Å². The third kappa shape index (κ3) is 2.32. The predicted octanol–water partition coefficient (Wildman–Crippen LogP) is 3.40. The van der Waals surface area contributed by atoms with Crippen LogP contribution in [0.3, 0.4) is 0 Å². The summed E-state index contributed by atoms with van der Waals surface area (Å²) in [4.78, 5) is 22.3. The summed E-state index contributed by atoms with van der Waals surface area (Å²) >= 11 is 7.58. The Kier molecular flexibility index (Phi) is 3.50. The summed E-state index contributed by atoms with van der Waals surface area (Å²) in [6, 6.07) is 7.00. The van der Waals surface area contributed by atoms with Crippen molar-refractivity contribution in [3.05, 3.63) is 41.0 Å². The fourth-order valence-corrected chi connectivity index (χ4v) is 2.57. The van der Waals surface area contributed by atoms with Crippen molar-refractivity contribution in [1.82, 2.24) is 9.97 Å². The Morgan fingerprint density at radius 3 is 2.95 bits per heavy atom. The van der Waals surface area contributed by atoms with E-state index in [0.29, 0.717) is 28.2 Å². The highest BCUT2D eigenvalue weighted by atomic mass is 35.5. The van der Waals surface area contributed by atoms with Crippen molar-refractivity contribution in [2.45, 2.75) is 11.7 Å². The minimum atomic E-state index is -0.239. The lowest BCUT2D eigenvalue weighted by atomic mass is 10.2. The van der Waals surface area contributed by atoms with Gasteiger partial charge < -0.3 is 0 Å². The summed E-state index contributed by atoms with van der Waals surface area (Å²) in [6.45, 7) is 0.402. The van der Waals surface area contributed by atoms with Crippen LogP contribution in [0, 0.1) is 0 Å². The number of carbonyl (C=O) groups excluding carboxylic acids is 1. The first-order valence-electron chi connectivity index (χ1n) is 5.92. The number of rotatable bonds is 2. The topological polar surface area (TPSA) is 58.1 Å². The minimum Gasteiger partial charge on any atom is -0.291 e. The number of fused-ring (bicyclic) bond motifs is 1. The Labute approximate surface area is 125 Å². The number of aromatic nitrogens is 2. The van der Waals surface area contributed by atoms with Crippen LogP contribution in [0.4, 0.5) is 16.3 Å². The van der Waals surface area contributed by atoms with Crippen LogP contribution < -0.4 is 10.2 Å². The van der Waals surface area contributed by atoms with Gasteiger partial charge in [-0.25, -0.2) is 14.8 Å². The van der Waals surface area contributed by atoms with Crippen molar-refractivity contribution in [2.75, 3.05) is 16.5 Å². The van der Waals surface area contributed by atoms with Crippen LogP contribution in [0.2, 0.25) is 5.02 Å². The fourth-order valence-electron chi connectivity index (χ4n) is 1.99. The third-order valence-electron chi connectivity index (χ3n) is 2.97. The number of halogens is 1. The van der Waals surface area contributed by atoms with Crippen molar-refractivity contribution in [3.63, 3.8) is 0 Å². The van der Waals surface area contributed by atoms with E-state index in [4.69, 9.17) is 11.6 Å². The first-order valence-corrected chi connectivity index (χ1v) is 7.52. The number of nitrogens with one attached hydrogen (secondary N) is 1. The number of amides is 2. The van der Waals surface area contributed by atoms with E-state index in [0.717, 1.165) is 5.56 Å². The van der Waals surface area contributed by atoms with E-state index >= 15 is 0 Å². The van der Waals surface area contributed by atoms with Crippen LogP contribution in [0.15, 0.2) is 35.6 Å². The summed E-state index contributed by atoms with van der Waals surface area (Å²) in [5.74, 6) is 0.567. The highest BCUT2D eigenvalue weighted by Gasteiger charge is 2.26. The molecule has 0 atom stereocenters. The maximum absolute atomic E-state index is 12.2. The van der Waals surface area contributed by atoms with Gasteiger partial charge in [0.1, 0.15) is 5.82 Å². The van der Waals surface area contributed by atoms with Gasteiger partial charge in [0.25, 0.3) is 0 Å². The van der Waals surface area contributed by atoms with Crippen molar-refractivity contribution in [3.8, 4) is 0 Å². The molecule has 2 amide bonds. The number of para-hydroxylation sites is 1. The Hall–Kier alpha value is -1.79. The largest absolute Gasteiger partial charge is 0.327 e. The number of carbonyl (C=O) groups is 1. The van der Waals surface area contributed by atoms with Gasteiger partial charge in [0.15, 0.2) is 5.16 Å². The van der Waals surface area contributed by atoms with Gasteiger partial charge in [0.2, 0.25) is 0 Å². The highest BCUT2D eigenvalue weighted by molar-refractivity contribution is 7.98. The minimum absolute atomic E-state index is 0.239. The van der Waals surface area contributed by atoms with E-state index in [1.54, 1.807) is 17.2 Å². The average molecular weight is 307 g/mol. The molecule has 0 saturated heterocycles. The predicted molar refractivity (Wildman–Crippen MR) is 80.5 cm³/mol. The molecule has 102 valence electrons. The summed E-state index contributed by atoms with van der Waals surface area (Å²) in [5, 5.41) is 3.94. The van der Waals surface area contributed by atoms with Crippen molar-refractivity contribution in [2.24, 2.45) is 0 Å². The van der Waals surface area contributed by atoms with E-state index < -0.39 is 0 Å². The monoisotopic (exact) mass is 306 g/mol. The van der Waals surface area contributed by atoms with Gasteiger partial charge >= 0.3 is 6.03 Å². The smallest absolute Gasteiger partial charge is 0.291 e. The van der Waals surface area contributed by atoms with Crippen LogP contribution >= 0.6 is 23.4 Å². The summed E-state index contributed by atoms with van der Waals surface area (Å²) < 4.78 is 0. The molecule has 5 nitrogen and oxygen atoms in total. The highest BCUT2D eigenvalue weighted by Crippen LogP contribution is 2.31. The molecule has 2 aromatic rings. The van der Waals surface area contributed by atoms with E-state index in [1.807, 2.05) is 24.5 Å². The second-order valence-electron chi connectivity index (χ2n) is 4.20. The number of benzene rings is 1. The second-order valence-corrected chi connectivity index (χ2v) is 5.38. The molecule has 1 aromatic carbocycles. The van der Waals surface area contributed by atoms with Gasteiger partial charge in [-0.05, 0) is 18.4 Å². The number of hydrogen-bond acceptors (Lipinski definition) is 4. The fraction of sp³-hybridized carbons (Fsp3) is 0.154. The molecule has 20 heavy (non-hydrogen) atoms. The first kappa shape index (κ1) is 13.2. The van der Waals surface area contributed by atoms with Gasteiger partial charge in [0, 0.05) is 11.8 Å². The molecule has 0 bridgehead atoms. The Balaban J connectivity index is 1.97.